The number of aliphatic hydroxyl groups is 3. The molecule has 0 unspecified atom stereocenters. The van der Waals surface area contributed by atoms with Gasteiger partial charge in [0.1, 0.15) is 18.3 Å². The Kier molecular flexibility index (Phi) is 7.67. The molecule has 0 aliphatic carbocycles. The zero-order valence-corrected chi connectivity index (χ0v) is 20.6. The van der Waals surface area contributed by atoms with Gasteiger partial charge >= 0.3 is 5.97 Å². The minimum absolute atomic E-state index is 0.0707. The van der Waals surface area contributed by atoms with Crippen molar-refractivity contribution in [1.82, 2.24) is 4.90 Å². The van der Waals surface area contributed by atoms with Crippen LogP contribution < -0.4 is 9.64 Å². The molecule has 0 amide bonds. The minimum atomic E-state index is -1.84. The van der Waals surface area contributed by atoms with Crippen molar-refractivity contribution in [2.45, 2.75) is 46.9 Å². The number of hydrogen-bond acceptors (Lipinski definition) is 10. The molecule has 2 aliphatic heterocycles. The van der Waals surface area contributed by atoms with E-state index in [0.29, 0.717) is 11.6 Å². The first-order valence-electron chi connectivity index (χ1n) is 10.9. The molecule has 12 heteroatoms. The second-order valence-electron chi connectivity index (χ2n) is 8.66. The van der Waals surface area contributed by atoms with Gasteiger partial charge in [0.05, 0.1) is 11.4 Å². The molecular formula is C23H27ClN2O8S. The van der Waals surface area contributed by atoms with Crippen LogP contribution in [0.1, 0.15) is 6.42 Å². The van der Waals surface area contributed by atoms with E-state index in [9.17, 15) is 30.3 Å². The molecular weight excluding hydrogens is 500 g/mol. The number of aliphatic carboxylic acids is 1. The van der Waals surface area contributed by atoms with E-state index in [1.54, 1.807) is 12.1 Å². The summed E-state index contributed by atoms with van der Waals surface area (Å²) in [6, 6.07) is 8.65. The normalized spacial score (nSPS) is 25.8. The number of halogens is 1. The number of carboxylic acids is 1. The van der Waals surface area contributed by atoms with Gasteiger partial charge < -0.3 is 44.8 Å². The smallest absolute Gasteiger partial charge is 0.335 e. The number of anilines is 2. The van der Waals surface area contributed by atoms with E-state index in [2.05, 4.69) is 9.80 Å². The highest BCUT2D eigenvalue weighted by Gasteiger charge is 2.48. The topological polar surface area (TPSA) is 143 Å². The largest absolute Gasteiger partial charge is 0.504 e. The van der Waals surface area contributed by atoms with Crippen LogP contribution in [0.3, 0.4) is 0 Å². The van der Waals surface area contributed by atoms with Gasteiger partial charge in [0.15, 0.2) is 17.6 Å². The van der Waals surface area contributed by atoms with E-state index in [-0.39, 0.29) is 11.5 Å². The van der Waals surface area contributed by atoms with Gasteiger partial charge in [0.2, 0.25) is 6.29 Å². The molecule has 5 N–H and O–H groups in total. The maximum absolute atomic E-state index is 11.4. The standard InChI is InChI=1S/C23H27ClN2O8S/c1-25(2)6-3-7-26-12-8-11(24)4-5-16(12)35-17-10-15(14(27)9-13(17)26)33-23-20(30)18(28)19(29)21(34-23)22(31)32/h4-5,8-10,18-21,23,27-30H,3,6-7H2,1-2H3,(H,31,32)/t18-,19-,20+,21-,23+/m0/s1. The number of fused-ring (bicyclic) bond motifs is 2. The average Bonchev–Trinajstić information content (AvgIpc) is 2.79. The summed E-state index contributed by atoms with van der Waals surface area (Å²) in [5.74, 6) is -1.86. The molecule has 10 nitrogen and oxygen atoms in total. The Labute approximate surface area is 211 Å². The lowest BCUT2D eigenvalue weighted by atomic mass is 9.99. The molecule has 0 spiro atoms. The fourth-order valence-electron chi connectivity index (χ4n) is 4.02. The molecule has 0 radical (unpaired) electrons. The first kappa shape index (κ1) is 25.8. The molecule has 35 heavy (non-hydrogen) atoms. The fourth-order valence-corrected chi connectivity index (χ4v) is 5.27. The Morgan fingerprint density at radius 2 is 1.83 bits per heavy atom. The number of ether oxygens (including phenoxy) is 2. The SMILES string of the molecule is CN(C)CCCN1c2cc(Cl)ccc2Sc2cc(O[C@@H]3O[C@H](C(=O)O)[C@@H](O)[C@H](O)[C@H]3O)c(O)cc21. The molecule has 2 heterocycles. The van der Waals surface area contributed by atoms with Crippen molar-refractivity contribution in [2.24, 2.45) is 0 Å². The number of phenols is 1. The van der Waals surface area contributed by atoms with E-state index >= 15 is 0 Å². The lowest BCUT2D eigenvalue weighted by Crippen LogP contribution is -2.61. The highest BCUT2D eigenvalue weighted by Crippen LogP contribution is 2.52. The van der Waals surface area contributed by atoms with Crippen molar-refractivity contribution < 1.29 is 39.8 Å². The van der Waals surface area contributed by atoms with E-state index in [1.807, 2.05) is 26.2 Å². The number of carboxylic acid groups (broad SMARTS) is 1. The quantitative estimate of drug-likeness (QED) is 0.360. The molecule has 0 aromatic heterocycles. The van der Waals surface area contributed by atoms with Gasteiger partial charge in [-0.1, -0.05) is 23.4 Å². The Morgan fingerprint density at radius 3 is 2.51 bits per heavy atom. The third kappa shape index (κ3) is 5.31. The number of rotatable bonds is 7. The summed E-state index contributed by atoms with van der Waals surface area (Å²) in [5, 5.41) is 50.8. The summed E-state index contributed by atoms with van der Waals surface area (Å²) < 4.78 is 10.8. The summed E-state index contributed by atoms with van der Waals surface area (Å²) in [4.78, 5) is 17.2. The van der Waals surface area contributed by atoms with Crippen molar-refractivity contribution >= 4 is 40.7 Å². The Bertz CT molecular complexity index is 1100. The van der Waals surface area contributed by atoms with Crippen LogP contribution in [0.25, 0.3) is 0 Å². The lowest BCUT2D eigenvalue weighted by molar-refractivity contribution is -0.271. The predicted octanol–water partition coefficient (Wildman–Crippen LogP) is 1.87. The van der Waals surface area contributed by atoms with E-state index in [4.69, 9.17) is 21.1 Å². The van der Waals surface area contributed by atoms with Crippen LogP contribution in [0.15, 0.2) is 40.1 Å². The fraction of sp³-hybridized carbons (Fsp3) is 0.435. The summed E-state index contributed by atoms with van der Waals surface area (Å²) in [6.45, 7) is 1.52. The number of aliphatic hydroxyl groups excluding tert-OH is 3. The Balaban J connectivity index is 1.64. The van der Waals surface area contributed by atoms with Gasteiger partial charge in [0, 0.05) is 33.5 Å². The number of phenolic OH excluding ortho intramolecular Hbond substituents is 1. The first-order valence-corrected chi connectivity index (χ1v) is 12.1. The summed E-state index contributed by atoms with van der Waals surface area (Å²) in [5.41, 5.74) is 1.65. The Hall–Kier alpha value is -2.25. The maximum Gasteiger partial charge on any atom is 0.335 e. The van der Waals surface area contributed by atoms with Crippen molar-refractivity contribution in [3.05, 3.63) is 35.4 Å². The second kappa shape index (κ2) is 10.4. The highest BCUT2D eigenvalue weighted by atomic mass is 35.5. The molecule has 0 saturated carbocycles. The molecule has 4 rings (SSSR count). The summed E-state index contributed by atoms with van der Waals surface area (Å²) in [6.07, 6.45) is -7.98. The molecule has 1 saturated heterocycles. The molecule has 2 aromatic carbocycles. The number of nitrogens with zero attached hydrogens (tertiary/aromatic N) is 2. The Morgan fingerprint density at radius 1 is 1.11 bits per heavy atom. The van der Waals surface area contributed by atoms with Crippen LogP contribution >= 0.6 is 23.4 Å². The summed E-state index contributed by atoms with van der Waals surface area (Å²) in [7, 11) is 3.99. The van der Waals surface area contributed by atoms with E-state index < -0.39 is 36.7 Å². The van der Waals surface area contributed by atoms with Gasteiger partial charge in [-0.25, -0.2) is 4.79 Å². The van der Waals surface area contributed by atoms with Crippen LogP contribution in [0.5, 0.6) is 11.5 Å². The number of hydrogen-bond donors (Lipinski definition) is 5. The van der Waals surface area contributed by atoms with Gasteiger partial charge in [-0.3, -0.25) is 0 Å². The number of carbonyl (C=O) groups is 1. The predicted molar refractivity (Wildman–Crippen MR) is 129 cm³/mol. The second-order valence-corrected chi connectivity index (χ2v) is 10.2. The van der Waals surface area contributed by atoms with Crippen LogP contribution in [-0.2, 0) is 9.53 Å². The van der Waals surface area contributed by atoms with Crippen LogP contribution in [0.4, 0.5) is 11.4 Å². The molecule has 2 aliphatic rings. The van der Waals surface area contributed by atoms with Gasteiger partial charge in [-0.05, 0) is 45.3 Å². The lowest BCUT2D eigenvalue weighted by Gasteiger charge is -2.38. The van der Waals surface area contributed by atoms with Gasteiger partial charge in [-0.2, -0.15) is 0 Å². The zero-order chi connectivity index (χ0) is 25.4. The van der Waals surface area contributed by atoms with Crippen molar-refractivity contribution in [2.75, 3.05) is 32.1 Å². The molecule has 1 fully saturated rings. The first-order chi connectivity index (χ1) is 16.6. The highest BCUT2D eigenvalue weighted by molar-refractivity contribution is 7.99. The summed E-state index contributed by atoms with van der Waals surface area (Å²) >= 11 is 7.70. The van der Waals surface area contributed by atoms with E-state index in [1.165, 1.54) is 17.8 Å². The van der Waals surface area contributed by atoms with Crippen LogP contribution in [0, 0.1) is 0 Å². The minimum Gasteiger partial charge on any atom is -0.504 e. The molecule has 190 valence electrons. The van der Waals surface area contributed by atoms with Gasteiger partial charge in [0.25, 0.3) is 0 Å². The van der Waals surface area contributed by atoms with Crippen LogP contribution in [-0.4, -0.2) is 94.3 Å². The third-order valence-electron chi connectivity index (χ3n) is 5.81. The van der Waals surface area contributed by atoms with Gasteiger partial charge in [-0.15, -0.1) is 0 Å². The molecule has 0 bridgehead atoms. The number of benzene rings is 2. The van der Waals surface area contributed by atoms with Crippen molar-refractivity contribution in [3.8, 4) is 11.5 Å². The molecule has 5 atom stereocenters. The molecule has 2 aromatic rings. The monoisotopic (exact) mass is 526 g/mol. The number of aromatic hydroxyl groups is 1. The van der Waals surface area contributed by atoms with Crippen molar-refractivity contribution in [1.29, 1.82) is 0 Å². The van der Waals surface area contributed by atoms with E-state index in [0.717, 1.165) is 34.1 Å². The van der Waals surface area contributed by atoms with Crippen LogP contribution in [0.2, 0.25) is 5.02 Å². The average molecular weight is 527 g/mol. The third-order valence-corrected chi connectivity index (χ3v) is 7.15. The zero-order valence-electron chi connectivity index (χ0n) is 19.0. The van der Waals surface area contributed by atoms with Crippen molar-refractivity contribution in [3.63, 3.8) is 0 Å². The maximum atomic E-state index is 11.4.